The zero-order chi connectivity index (χ0) is 21.7. The molecule has 30 heavy (non-hydrogen) atoms. The molecule has 2 unspecified atom stereocenters. The number of nitro benzene ring substituents is 1. The lowest BCUT2D eigenvalue weighted by Gasteiger charge is -2.25. The molecule has 5 nitrogen and oxygen atoms in total. The van der Waals surface area contributed by atoms with Gasteiger partial charge in [-0.2, -0.15) is 0 Å². The van der Waals surface area contributed by atoms with Gasteiger partial charge in [-0.05, 0) is 54.8 Å². The molecule has 3 aromatic rings. The Kier molecular flexibility index (Phi) is 6.74. The van der Waals surface area contributed by atoms with E-state index in [4.69, 9.17) is 4.74 Å². The van der Waals surface area contributed by atoms with Gasteiger partial charge in [0.25, 0.3) is 5.69 Å². The number of hydrogen-bond donors (Lipinski definition) is 1. The van der Waals surface area contributed by atoms with Gasteiger partial charge in [-0.1, -0.05) is 24.3 Å². The average Bonchev–Trinajstić information content (AvgIpc) is 2.72. The zero-order valence-electron chi connectivity index (χ0n) is 16.6. The first-order chi connectivity index (χ1) is 14.4. The minimum Gasteiger partial charge on any atom is -0.494 e. The lowest BCUT2D eigenvalue weighted by Crippen LogP contribution is -2.26. The van der Waals surface area contributed by atoms with Crippen molar-refractivity contribution in [1.29, 1.82) is 0 Å². The molecule has 0 saturated carbocycles. The number of nitro groups is 1. The number of ether oxygens (including phenoxy) is 1. The fourth-order valence-corrected chi connectivity index (χ4v) is 3.30. The largest absolute Gasteiger partial charge is 0.494 e. The number of non-ortho nitro benzene ring substituents is 1. The molecule has 0 aliphatic carbocycles. The highest BCUT2D eigenvalue weighted by Crippen LogP contribution is 2.30. The predicted molar refractivity (Wildman–Crippen MR) is 110 cm³/mol. The fourth-order valence-electron chi connectivity index (χ4n) is 3.30. The van der Waals surface area contributed by atoms with E-state index in [1.165, 1.54) is 24.3 Å². The minimum absolute atomic E-state index is 0.0327. The van der Waals surface area contributed by atoms with Gasteiger partial charge in [-0.3, -0.25) is 15.4 Å². The van der Waals surface area contributed by atoms with Gasteiger partial charge in [0.1, 0.15) is 17.4 Å². The van der Waals surface area contributed by atoms with Gasteiger partial charge in [-0.25, -0.2) is 8.78 Å². The lowest BCUT2D eigenvalue weighted by molar-refractivity contribution is -0.384. The number of nitrogens with zero attached hydrogens (tertiary/aromatic N) is 1. The van der Waals surface area contributed by atoms with E-state index in [2.05, 4.69) is 5.32 Å². The van der Waals surface area contributed by atoms with E-state index in [1.54, 1.807) is 19.1 Å². The second-order valence-electron chi connectivity index (χ2n) is 6.88. The van der Waals surface area contributed by atoms with Crippen LogP contribution in [0.15, 0.2) is 66.7 Å². The summed E-state index contributed by atoms with van der Waals surface area (Å²) < 4.78 is 32.8. The van der Waals surface area contributed by atoms with Crippen molar-refractivity contribution in [1.82, 2.24) is 5.32 Å². The summed E-state index contributed by atoms with van der Waals surface area (Å²) in [7, 11) is 0. The van der Waals surface area contributed by atoms with E-state index < -0.39 is 28.6 Å². The molecule has 0 fully saturated rings. The molecular formula is C23H22F2N2O3. The second kappa shape index (κ2) is 9.45. The van der Waals surface area contributed by atoms with Crippen molar-refractivity contribution >= 4 is 5.69 Å². The maximum atomic E-state index is 13.7. The van der Waals surface area contributed by atoms with Crippen LogP contribution in [0.5, 0.6) is 5.75 Å². The maximum absolute atomic E-state index is 13.7. The third-order valence-corrected chi connectivity index (χ3v) is 4.74. The van der Waals surface area contributed by atoms with Crippen LogP contribution in [0.25, 0.3) is 0 Å². The summed E-state index contributed by atoms with van der Waals surface area (Å²) in [4.78, 5) is 10.8. The molecule has 0 saturated heterocycles. The molecule has 0 amide bonds. The Bertz CT molecular complexity index is 1000. The molecule has 0 radical (unpaired) electrons. The molecule has 0 bridgehead atoms. The molecule has 0 spiro atoms. The van der Waals surface area contributed by atoms with Crippen molar-refractivity contribution in [3.63, 3.8) is 0 Å². The van der Waals surface area contributed by atoms with Crippen LogP contribution in [-0.2, 0) is 0 Å². The van der Waals surface area contributed by atoms with Crippen LogP contribution in [0.2, 0.25) is 0 Å². The van der Waals surface area contributed by atoms with Gasteiger partial charge in [0, 0.05) is 24.2 Å². The summed E-state index contributed by atoms with van der Waals surface area (Å²) >= 11 is 0. The van der Waals surface area contributed by atoms with Crippen molar-refractivity contribution in [3.05, 3.63) is 105 Å². The molecule has 156 valence electrons. The van der Waals surface area contributed by atoms with Crippen molar-refractivity contribution < 1.29 is 18.4 Å². The van der Waals surface area contributed by atoms with E-state index in [0.29, 0.717) is 23.5 Å². The second-order valence-corrected chi connectivity index (χ2v) is 6.88. The lowest BCUT2D eigenvalue weighted by atomic mass is 9.96. The summed E-state index contributed by atoms with van der Waals surface area (Å²) in [5.74, 6) is -0.613. The van der Waals surface area contributed by atoms with Crippen molar-refractivity contribution in [2.24, 2.45) is 0 Å². The summed E-state index contributed by atoms with van der Waals surface area (Å²) in [6.07, 6.45) is 0. The Morgan fingerprint density at radius 3 is 2.23 bits per heavy atom. The highest BCUT2D eigenvalue weighted by molar-refractivity contribution is 5.41. The molecule has 0 aliphatic heterocycles. The quantitative estimate of drug-likeness (QED) is 0.380. The van der Waals surface area contributed by atoms with Crippen LogP contribution >= 0.6 is 0 Å². The van der Waals surface area contributed by atoms with Crippen LogP contribution in [-0.4, -0.2) is 11.5 Å². The van der Waals surface area contributed by atoms with Gasteiger partial charge in [0.2, 0.25) is 0 Å². The first kappa shape index (κ1) is 21.4. The highest BCUT2D eigenvalue weighted by Gasteiger charge is 2.20. The standard InChI is InChI=1S/C23H22F2N2O3/c1-3-30-22-9-7-16(8-10-22)23(17-5-4-6-21(13-17)27(28)29)26-15(2)18-11-19(24)14-20(25)12-18/h4-15,23,26H,3H2,1-2H3. The fraction of sp³-hybridized carbons (Fsp3) is 0.217. The molecular weight excluding hydrogens is 390 g/mol. The number of nitrogens with one attached hydrogen (secondary N) is 1. The summed E-state index contributed by atoms with van der Waals surface area (Å²) in [6, 6.07) is 16.1. The van der Waals surface area contributed by atoms with Crippen LogP contribution < -0.4 is 10.1 Å². The average molecular weight is 412 g/mol. The Balaban J connectivity index is 1.98. The Hall–Kier alpha value is -3.32. The molecule has 0 aliphatic rings. The van der Waals surface area contributed by atoms with Crippen LogP contribution in [0.4, 0.5) is 14.5 Å². The molecule has 3 aromatic carbocycles. The van der Waals surface area contributed by atoms with Gasteiger partial charge in [-0.15, -0.1) is 0 Å². The molecule has 0 aromatic heterocycles. The number of benzene rings is 3. The smallest absolute Gasteiger partial charge is 0.269 e. The van der Waals surface area contributed by atoms with E-state index in [1.807, 2.05) is 31.2 Å². The Labute approximate surface area is 173 Å². The van der Waals surface area contributed by atoms with Crippen LogP contribution in [0.1, 0.15) is 42.6 Å². The van der Waals surface area contributed by atoms with Crippen molar-refractivity contribution in [2.45, 2.75) is 25.9 Å². The Morgan fingerprint density at radius 1 is 0.967 bits per heavy atom. The normalized spacial score (nSPS) is 12.9. The first-order valence-electron chi connectivity index (χ1n) is 9.56. The van der Waals surface area contributed by atoms with Gasteiger partial charge >= 0.3 is 0 Å². The summed E-state index contributed by atoms with van der Waals surface area (Å²) in [5.41, 5.74) is 1.91. The molecule has 2 atom stereocenters. The van der Waals surface area contributed by atoms with Crippen molar-refractivity contribution in [3.8, 4) is 5.75 Å². The van der Waals surface area contributed by atoms with E-state index in [0.717, 1.165) is 11.6 Å². The molecule has 1 N–H and O–H groups in total. The monoisotopic (exact) mass is 412 g/mol. The maximum Gasteiger partial charge on any atom is 0.269 e. The predicted octanol–water partition coefficient (Wildman–Crippen LogP) is 5.71. The van der Waals surface area contributed by atoms with E-state index >= 15 is 0 Å². The molecule has 7 heteroatoms. The molecule has 0 heterocycles. The van der Waals surface area contributed by atoms with Crippen LogP contribution in [0, 0.1) is 21.7 Å². The summed E-state index contributed by atoms with van der Waals surface area (Å²) in [6.45, 7) is 4.21. The van der Waals surface area contributed by atoms with Crippen LogP contribution in [0.3, 0.4) is 0 Å². The summed E-state index contributed by atoms with van der Waals surface area (Å²) in [5, 5.41) is 14.6. The number of hydrogen-bond acceptors (Lipinski definition) is 4. The highest BCUT2D eigenvalue weighted by atomic mass is 19.1. The van der Waals surface area contributed by atoms with Gasteiger partial charge < -0.3 is 4.74 Å². The van der Waals surface area contributed by atoms with E-state index in [9.17, 15) is 18.9 Å². The number of rotatable bonds is 8. The first-order valence-corrected chi connectivity index (χ1v) is 9.56. The topological polar surface area (TPSA) is 64.4 Å². The Morgan fingerprint density at radius 2 is 1.63 bits per heavy atom. The third kappa shape index (κ3) is 5.18. The van der Waals surface area contributed by atoms with E-state index in [-0.39, 0.29) is 5.69 Å². The minimum atomic E-state index is -0.661. The van der Waals surface area contributed by atoms with Gasteiger partial charge in [0.15, 0.2) is 0 Å². The molecule has 3 rings (SSSR count). The van der Waals surface area contributed by atoms with Crippen molar-refractivity contribution in [2.75, 3.05) is 6.61 Å². The SMILES string of the molecule is CCOc1ccc(C(NC(C)c2cc(F)cc(F)c2)c2cccc([N+](=O)[O-])c2)cc1. The number of halogens is 2. The van der Waals surface area contributed by atoms with Gasteiger partial charge in [0.05, 0.1) is 17.6 Å². The zero-order valence-corrected chi connectivity index (χ0v) is 16.6. The third-order valence-electron chi connectivity index (χ3n) is 4.74.